The van der Waals surface area contributed by atoms with E-state index in [-0.39, 0.29) is 23.4 Å². The Balaban J connectivity index is 1.81. The van der Waals surface area contributed by atoms with E-state index >= 15 is 0 Å². The molecule has 2 aromatic rings. The predicted molar refractivity (Wildman–Crippen MR) is 99.1 cm³/mol. The van der Waals surface area contributed by atoms with Crippen LogP contribution in [0.1, 0.15) is 39.1 Å². The van der Waals surface area contributed by atoms with E-state index in [1.807, 2.05) is 0 Å². The molecule has 27 heavy (non-hydrogen) atoms. The molecule has 1 aromatic carbocycles. The van der Waals surface area contributed by atoms with Crippen LogP contribution in [0.15, 0.2) is 30.5 Å². The van der Waals surface area contributed by atoms with Crippen LogP contribution in [0.3, 0.4) is 0 Å². The van der Waals surface area contributed by atoms with Gasteiger partial charge in [-0.1, -0.05) is 0 Å². The molecule has 3 rings (SSSR count). The van der Waals surface area contributed by atoms with E-state index in [1.165, 1.54) is 12.3 Å². The molecule has 0 spiro atoms. The van der Waals surface area contributed by atoms with Gasteiger partial charge in [0.25, 0.3) is 11.8 Å². The maximum absolute atomic E-state index is 14.3. The van der Waals surface area contributed by atoms with Crippen LogP contribution in [0.5, 0.6) is 0 Å². The first-order valence-corrected chi connectivity index (χ1v) is 8.84. The number of benzene rings is 1. The zero-order valence-corrected chi connectivity index (χ0v) is 15.3. The van der Waals surface area contributed by atoms with Gasteiger partial charge in [0.2, 0.25) is 0 Å². The van der Waals surface area contributed by atoms with Crippen LogP contribution in [-0.2, 0) is 4.74 Å². The normalized spacial score (nSPS) is 13.3. The molecule has 0 saturated heterocycles. The largest absolute Gasteiger partial charge is 0.383 e. The van der Waals surface area contributed by atoms with Gasteiger partial charge in [0.05, 0.1) is 17.9 Å². The molecule has 1 aromatic heterocycles. The van der Waals surface area contributed by atoms with Gasteiger partial charge in [-0.15, -0.1) is 0 Å². The topological polar surface area (TPSA) is 80.3 Å². The van der Waals surface area contributed by atoms with E-state index in [0.29, 0.717) is 35.5 Å². The third kappa shape index (κ3) is 4.68. The molecule has 1 heterocycles. The Morgan fingerprint density at radius 3 is 2.63 bits per heavy atom. The van der Waals surface area contributed by atoms with Crippen molar-refractivity contribution in [3.8, 4) is 11.3 Å². The average molecular weight is 371 g/mol. The number of amides is 2. The highest BCUT2D eigenvalue weighted by atomic mass is 19.1. The first-order valence-electron chi connectivity index (χ1n) is 8.84. The second-order valence-corrected chi connectivity index (χ2v) is 6.56. The van der Waals surface area contributed by atoms with E-state index < -0.39 is 5.82 Å². The maximum atomic E-state index is 14.3. The van der Waals surface area contributed by atoms with E-state index in [0.717, 1.165) is 12.8 Å². The number of carbonyl (C=O) groups excluding carboxylic acids is 2. The number of hydrogen-bond donors (Lipinski definition) is 2. The Hall–Kier alpha value is -2.80. The summed E-state index contributed by atoms with van der Waals surface area (Å²) < 4.78 is 19.2. The molecule has 0 atom stereocenters. The fraction of sp³-hybridized carbons (Fsp3) is 0.350. The monoisotopic (exact) mass is 371 g/mol. The minimum Gasteiger partial charge on any atom is -0.383 e. The van der Waals surface area contributed by atoms with Gasteiger partial charge in [0, 0.05) is 37.0 Å². The summed E-state index contributed by atoms with van der Waals surface area (Å²) in [5, 5.41) is 5.57. The lowest BCUT2D eigenvalue weighted by Crippen LogP contribution is -2.27. The van der Waals surface area contributed by atoms with Gasteiger partial charge < -0.3 is 15.4 Å². The van der Waals surface area contributed by atoms with Gasteiger partial charge in [0.1, 0.15) is 5.82 Å². The summed E-state index contributed by atoms with van der Waals surface area (Å²) in [5.74, 6) is -1.00. The zero-order valence-electron chi connectivity index (χ0n) is 15.3. The van der Waals surface area contributed by atoms with Crippen molar-refractivity contribution in [3.63, 3.8) is 0 Å². The third-order valence-electron chi connectivity index (χ3n) is 4.41. The summed E-state index contributed by atoms with van der Waals surface area (Å²) >= 11 is 0. The number of nitrogens with one attached hydrogen (secondary N) is 2. The van der Waals surface area contributed by atoms with Crippen molar-refractivity contribution in [1.29, 1.82) is 0 Å². The summed E-state index contributed by atoms with van der Waals surface area (Å²) in [6, 6.07) is 6.35. The van der Waals surface area contributed by atoms with Crippen LogP contribution in [0, 0.1) is 12.7 Å². The summed E-state index contributed by atoms with van der Waals surface area (Å²) in [6.07, 6.45) is 3.36. The quantitative estimate of drug-likeness (QED) is 0.733. The minimum atomic E-state index is -0.461. The second-order valence-electron chi connectivity index (χ2n) is 6.56. The molecule has 1 saturated carbocycles. The molecule has 1 fully saturated rings. The van der Waals surface area contributed by atoms with Crippen LogP contribution >= 0.6 is 0 Å². The lowest BCUT2D eigenvalue weighted by molar-refractivity contribution is 0.0933. The van der Waals surface area contributed by atoms with E-state index in [4.69, 9.17) is 4.74 Å². The number of hydrogen-bond acceptors (Lipinski definition) is 4. The predicted octanol–water partition coefficient (Wildman–Crippen LogP) is 2.46. The average Bonchev–Trinajstić information content (AvgIpc) is 3.48. The number of methoxy groups -OCH3 is 1. The van der Waals surface area contributed by atoms with Crippen LogP contribution in [0.4, 0.5) is 4.39 Å². The molecular weight excluding hydrogens is 349 g/mol. The number of nitrogens with zero attached hydrogens (tertiary/aromatic N) is 1. The number of aromatic nitrogens is 1. The lowest BCUT2D eigenvalue weighted by atomic mass is 10.00. The molecule has 0 aliphatic heterocycles. The molecule has 6 nitrogen and oxygen atoms in total. The number of rotatable bonds is 7. The molecule has 0 bridgehead atoms. The van der Waals surface area contributed by atoms with Crippen molar-refractivity contribution in [2.75, 3.05) is 20.3 Å². The maximum Gasteiger partial charge on any atom is 0.252 e. The molecule has 1 aliphatic rings. The number of pyridine rings is 1. The van der Waals surface area contributed by atoms with Crippen LogP contribution < -0.4 is 10.6 Å². The Bertz CT molecular complexity index is 848. The smallest absolute Gasteiger partial charge is 0.252 e. The van der Waals surface area contributed by atoms with Gasteiger partial charge >= 0.3 is 0 Å². The van der Waals surface area contributed by atoms with E-state index in [2.05, 4.69) is 15.6 Å². The number of halogens is 1. The van der Waals surface area contributed by atoms with Crippen molar-refractivity contribution < 1.29 is 18.7 Å². The molecule has 0 radical (unpaired) electrons. The summed E-state index contributed by atoms with van der Waals surface area (Å²) in [5.41, 5.74) is 2.10. The van der Waals surface area contributed by atoms with Gasteiger partial charge in [-0.25, -0.2) is 4.39 Å². The Kier molecular flexibility index (Phi) is 5.81. The number of carbonyl (C=O) groups is 2. The SMILES string of the molecule is COCCNC(=O)c1ccc(-c2cc(C(=O)NC3CC3)cc(F)c2C)nc1. The summed E-state index contributed by atoms with van der Waals surface area (Å²) in [7, 11) is 1.56. The van der Waals surface area contributed by atoms with Crippen LogP contribution in [0.2, 0.25) is 0 Å². The van der Waals surface area contributed by atoms with E-state index in [1.54, 1.807) is 32.2 Å². The molecule has 142 valence electrons. The summed E-state index contributed by atoms with van der Waals surface area (Å²) in [6.45, 7) is 2.46. The molecule has 2 N–H and O–H groups in total. The standard InChI is InChI=1S/C20H22FN3O3/c1-12-16(9-14(10-17(12)21)20(26)24-15-4-5-15)18-6-3-13(11-23-18)19(25)22-7-8-27-2/h3,6,9-11,15H,4-5,7-8H2,1-2H3,(H,22,25)(H,24,26). The first-order chi connectivity index (χ1) is 13.0. The Labute approximate surface area is 157 Å². The molecule has 2 amide bonds. The second kappa shape index (κ2) is 8.26. The Morgan fingerprint density at radius 2 is 2.00 bits per heavy atom. The lowest BCUT2D eigenvalue weighted by Gasteiger charge is -2.11. The highest BCUT2D eigenvalue weighted by Gasteiger charge is 2.24. The van der Waals surface area contributed by atoms with Gasteiger partial charge in [-0.3, -0.25) is 14.6 Å². The van der Waals surface area contributed by atoms with Crippen molar-refractivity contribution >= 4 is 11.8 Å². The highest BCUT2D eigenvalue weighted by Crippen LogP contribution is 2.26. The molecule has 1 aliphatic carbocycles. The highest BCUT2D eigenvalue weighted by molar-refractivity contribution is 5.96. The van der Waals surface area contributed by atoms with Gasteiger partial charge in [-0.05, 0) is 49.6 Å². The zero-order chi connectivity index (χ0) is 19.4. The minimum absolute atomic E-state index is 0.194. The molecule has 0 unspecified atom stereocenters. The fourth-order valence-corrected chi connectivity index (χ4v) is 2.63. The fourth-order valence-electron chi connectivity index (χ4n) is 2.63. The number of ether oxygens (including phenoxy) is 1. The van der Waals surface area contributed by atoms with Crippen molar-refractivity contribution in [3.05, 3.63) is 53.0 Å². The van der Waals surface area contributed by atoms with Crippen LogP contribution in [0.25, 0.3) is 11.3 Å². The van der Waals surface area contributed by atoms with Gasteiger partial charge in [0.15, 0.2) is 0 Å². The third-order valence-corrected chi connectivity index (χ3v) is 4.41. The molecular formula is C20H22FN3O3. The van der Waals surface area contributed by atoms with Crippen molar-refractivity contribution in [2.24, 2.45) is 0 Å². The summed E-state index contributed by atoms with van der Waals surface area (Å²) in [4.78, 5) is 28.6. The van der Waals surface area contributed by atoms with Crippen LogP contribution in [-0.4, -0.2) is 43.1 Å². The van der Waals surface area contributed by atoms with E-state index in [9.17, 15) is 14.0 Å². The first kappa shape index (κ1) is 19.0. The van der Waals surface area contributed by atoms with Crippen molar-refractivity contribution in [2.45, 2.75) is 25.8 Å². The van der Waals surface area contributed by atoms with Crippen molar-refractivity contribution in [1.82, 2.24) is 15.6 Å². The molecule has 7 heteroatoms. The Morgan fingerprint density at radius 1 is 1.22 bits per heavy atom. The van der Waals surface area contributed by atoms with Gasteiger partial charge in [-0.2, -0.15) is 0 Å².